The van der Waals surface area contributed by atoms with E-state index in [1.807, 2.05) is 0 Å². The lowest BCUT2D eigenvalue weighted by Gasteiger charge is -2.40. The topological polar surface area (TPSA) is 38.3 Å². The number of hydrogen-bond acceptors (Lipinski definition) is 3. The monoisotopic (exact) mass is 199 g/mol. The Labute approximate surface area is 86.2 Å². The Kier molecular flexibility index (Phi) is 3.20. The molecule has 0 aliphatic heterocycles. The minimum atomic E-state index is -0.234. The third-order valence-corrected chi connectivity index (χ3v) is 2.89. The van der Waals surface area contributed by atoms with E-state index in [-0.39, 0.29) is 16.9 Å². The Balaban J connectivity index is 2.50. The molecule has 14 heavy (non-hydrogen) atoms. The number of carbonyl (C=O) groups is 1. The molecule has 0 bridgehead atoms. The van der Waals surface area contributed by atoms with Crippen LogP contribution in [0.3, 0.4) is 0 Å². The van der Waals surface area contributed by atoms with Gasteiger partial charge in [-0.25, -0.2) is 0 Å². The van der Waals surface area contributed by atoms with Crippen molar-refractivity contribution < 1.29 is 9.53 Å². The van der Waals surface area contributed by atoms with Crippen molar-refractivity contribution in [1.29, 1.82) is 0 Å². The van der Waals surface area contributed by atoms with Gasteiger partial charge in [-0.05, 0) is 33.6 Å². The molecule has 0 saturated heterocycles. The average Bonchev–Trinajstić information content (AvgIpc) is 1.99. The van der Waals surface area contributed by atoms with Crippen LogP contribution in [0.25, 0.3) is 0 Å². The van der Waals surface area contributed by atoms with Crippen LogP contribution in [0, 0.1) is 5.41 Å². The maximum absolute atomic E-state index is 11.6. The predicted octanol–water partition coefficient (Wildman–Crippen LogP) is 1.72. The van der Waals surface area contributed by atoms with Crippen molar-refractivity contribution in [2.75, 3.05) is 13.7 Å². The fourth-order valence-corrected chi connectivity index (χ4v) is 1.71. The van der Waals surface area contributed by atoms with Crippen LogP contribution in [0.1, 0.15) is 40.0 Å². The SMILES string of the molecule is COC(=O)C1(CNC(C)(C)C)CCC1. The zero-order valence-corrected chi connectivity index (χ0v) is 9.64. The van der Waals surface area contributed by atoms with Gasteiger partial charge in [0.05, 0.1) is 12.5 Å². The van der Waals surface area contributed by atoms with Gasteiger partial charge in [0.15, 0.2) is 0 Å². The zero-order valence-electron chi connectivity index (χ0n) is 9.64. The van der Waals surface area contributed by atoms with E-state index in [1.165, 1.54) is 7.11 Å². The molecule has 3 nitrogen and oxygen atoms in total. The summed E-state index contributed by atoms with van der Waals surface area (Å²) in [6, 6.07) is 0. The van der Waals surface area contributed by atoms with Gasteiger partial charge in [0.2, 0.25) is 0 Å². The summed E-state index contributed by atoms with van der Waals surface area (Å²) in [5.41, 5.74) is -0.168. The maximum atomic E-state index is 11.6. The number of hydrogen-bond donors (Lipinski definition) is 1. The first kappa shape index (κ1) is 11.5. The van der Waals surface area contributed by atoms with Crippen LogP contribution in [0.2, 0.25) is 0 Å². The maximum Gasteiger partial charge on any atom is 0.313 e. The molecule has 3 heteroatoms. The number of esters is 1. The summed E-state index contributed by atoms with van der Waals surface area (Å²) < 4.78 is 4.84. The van der Waals surface area contributed by atoms with Gasteiger partial charge in [0.1, 0.15) is 0 Å². The number of methoxy groups -OCH3 is 1. The van der Waals surface area contributed by atoms with Crippen LogP contribution >= 0.6 is 0 Å². The average molecular weight is 199 g/mol. The van der Waals surface area contributed by atoms with Gasteiger partial charge in [-0.2, -0.15) is 0 Å². The Hall–Kier alpha value is -0.570. The van der Waals surface area contributed by atoms with Crippen LogP contribution in [0.5, 0.6) is 0 Å². The summed E-state index contributed by atoms with van der Waals surface area (Å²) in [6.07, 6.45) is 3.06. The highest BCUT2D eigenvalue weighted by atomic mass is 16.5. The second-order valence-electron chi connectivity index (χ2n) is 5.23. The lowest BCUT2D eigenvalue weighted by Crippen LogP contribution is -2.51. The number of carbonyl (C=O) groups excluding carboxylic acids is 1. The van der Waals surface area contributed by atoms with Crippen molar-refractivity contribution in [2.24, 2.45) is 5.41 Å². The highest BCUT2D eigenvalue weighted by Crippen LogP contribution is 2.41. The van der Waals surface area contributed by atoms with Gasteiger partial charge >= 0.3 is 5.97 Å². The molecule has 1 aliphatic carbocycles. The molecule has 1 N–H and O–H groups in total. The smallest absolute Gasteiger partial charge is 0.313 e. The van der Waals surface area contributed by atoms with Crippen LogP contribution < -0.4 is 5.32 Å². The molecular formula is C11H21NO2. The quantitative estimate of drug-likeness (QED) is 0.703. The lowest BCUT2D eigenvalue weighted by atomic mass is 9.68. The molecular weight excluding hydrogens is 178 g/mol. The molecule has 0 unspecified atom stereocenters. The molecule has 0 aromatic heterocycles. The second-order valence-corrected chi connectivity index (χ2v) is 5.23. The summed E-state index contributed by atoms with van der Waals surface area (Å²) in [7, 11) is 1.47. The standard InChI is InChI=1S/C11H21NO2/c1-10(2,3)12-8-11(6-5-7-11)9(13)14-4/h12H,5-8H2,1-4H3. The second kappa shape index (κ2) is 3.89. The van der Waals surface area contributed by atoms with E-state index in [1.54, 1.807) is 0 Å². The number of nitrogens with one attached hydrogen (secondary N) is 1. The van der Waals surface area contributed by atoms with E-state index in [0.717, 1.165) is 25.8 Å². The van der Waals surface area contributed by atoms with Crippen molar-refractivity contribution in [3.05, 3.63) is 0 Å². The van der Waals surface area contributed by atoms with Crippen molar-refractivity contribution in [3.63, 3.8) is 0 Å². The normalized spacial score (nSPS) is 20.0. The van der Waals surface area contributed by atoms with Crippen molar-refractivity contribution in [1.82, 2.24) is 5.32 Å². The highest BCUT2D eigenvalue weighted by molar-refractivity contribution is 5.78. The fraction of sp³-hybridized carbons (Fsp3) is 0.909. The molecule has 1 aliphatic rings. The lowest BCUT2D eigenvalue weighted by molar-refractivity contribution is -0.158. The van der Waals surface area contributed by atoms with Gasteiger partial charge < -0.3 is 10.1 Å². The summed E-state index contributed by atoms with van der Waals surface area (Å²) in [5.74, 6) is -0.0551. The van der Waals surface area contributed by atoms with Crippen LogP contribution in [0.15, 0.2) is 0 Å². The van der Waals surface area contributed by atoms with Crippen molar-refractivity contribution in [3.8, 4) is 0 Å². The Morgan fingerprint density at radius 3 is 2.29 bits per heavy atom. The third-order valence-electron chi connectivity index (χ3n) is 2.89. The minimum absolute atomic E-state index is 0.0551. The molecule has 1 saturated carbocycles. The van der Waals surface area contributed by atoms with E-state index in [2.05, 4.69) is 26.1 Å². The molecule has 0 amide bonds. The van der Waals surface area contributed by atoms with Crippen LogP contribution in [-0.4, -0.2) is 25.2 Å². The van der Waals surface area contributed by atoms with Gasteiger partial charge in [0, 0.05) is 12.1 Å². The van der Waals surface area contributed by atoms with Crippen molar-refractivity contribution >= 4 is 5.97 Å². The predicted molar refractivity (Wildman–Crippen MR) is 56.1 cm³/mol. The molecule has 0 atom stereocenters. The molecule has 0 heterocycles. The fourth-order valence-electron chi connectivity index (χ4n) is 1.71. The Bertz CT molecular complexity index is 214. The van der Waals surface area contributed by atoms with E-state index < -0.39 is 0 Å². The summed E-state index contributed by atoms with van der Waals surface area (Å²) in [6.45, 7) is 7.06. The largest absolute Gasteiger partial charge is 0.469 e. The molecule has 0 radical (unpaired) electrons. The van der Waals surface area contributed by atoms with E-state index >= 15 is 0 Å². The zero-order chi connectivity index (χ0) is 10.8. The van der Waals surface area contributed by atoms with E-state index in [9.17, 15) is 4.79 Å². The molecule has 0 spiro atoms. The Morgan fingerprint density at radius 1 is 1.43 bits per heavy atom. The minimum Gasteiger partial charge on any atom is -0.469 e. The summed E-state index contributed by atoms with van der Waals surface area (Å²) in [5, 5.41) is 3.38. The highest BCUT2D eigenvalue weighted by Gasteiger charge is 2.45. The molecule has 0 aromatic carbocycles. The molecule has 0 aromatic rings. The van der Waals surface area contributed by atoms with E-state index in [4.69, 9.17) is 4.74 Å². The first-order valence-electron chi connectivity index (χ1n) is 5.23. The van der Waals surface area contributed by atoms with Gasteiger partial charge in [-0.15, -0.1) is 0 Å². The van der Waals surface area contributed by atoms with Gasteiger partial charge in [-0.3, -0.25) is 4.79 Å². The summed E-state index contributed by atoms with van der Waals surface area (Å²) in [4.78, 5) is 11.6. The van der Waals surface area contributed by atoms with E-state index in [0.29, 0.717) is 0 Å². The van der Waals surface area contributed by atoms with Crippen molar-refractivity contribution in [2.45, 2.75) is 45.6 Å². The molecule has 1 fully saturated rings. The molecule has 82 valence electrons. The number of ether oxygens (including phenoxy) is 1. The Morgan fingerprint density at radius 2 is 2.00 bits per heavy atom. The van der Waals surface area contributed by atoms with Gasteiger partial charge in [-0.1, -0.05) is 6.42 Å². The third kappa shape index (κ3) is 2.47. The van der Waals surface area contributed by atoms with Gasteiger partial charge in [0.25, 0.3) is 0 Å². The van der Waals surface area contributed by atoms with Crippen LogP contribution in [-0.2, 0) is 9.53 Å². The first-order chi connectivity index (χ1) is 6.40. The van der Waals surface area contributed by atoms with Crippen LogP contribution in [0.4, 0.5) is 0 Å². The summed E-state index contributed by atoms with van der Waals surface area (Å²) >= 11 is 0. The first-order valence-corrected chi connectivity index (χ1v) is 5.23. The molecule has 1 rings (SSSR count). The number of rotatable bonds is 3.